The van der Waals surface area contributed by atoms with Gasteiger partial charge in [0.05, 0.1) is 26.2 Å². The van der Waals surface area contributed by atoms with E-state index in [9.17, 15) is 4.79 Å². The topological polar surface area (TPSA) is 42.7 Å². The lowest BCUT2D eigenvalue weighted by molar-refractivity contribution is -0.132. The van der Waals surface area contributed by atoms with Crippen LogP contribution in [0.15, 0.2) is 64.8 Å². The molecule has 0 radical (unpaired) electrons. The van der Waals surface area contributed by atoms with Crippen molar-refractivity contribution in [3.8, 4) is 5.75 Å². The van der Waals surface area contributed by atoms with Crippen LogP contribution in [0.5, 0.6) is 5.75 Å². The van der Waals surface area contributed by atoms with Gasteiger partial charge in [-0.2, -0.15) is 0 Å². The molecular formula is C20H21NO3S. The van der Waals surface area contributed by atoms with E-state index >= 15 is 0 Å². The highest BCUT2D eigenvalue weighted by Gasteiger charge is 2.16. The van der Waals surface area contributed by atoms with Crippen LogP contribution in [0.2, 0.25) is 0 Å². The van der Waals surface area contributed by atoms with Gasteiger partial charge in [-0.05, 0) is 41.6 Å². The van der Waals surface area contributed by atoms with Gasteiger partial charge in [0.15, 0.2) is 0 Å². The zero-order valence-electron chi connectivity index (χ0n) is 14.2. The summed E-state index contributed by atoms with van der Waals surface area (Å²) in [6, 6.07) is 13.8. The van der Waals surface area contributed by atoms with Gasteiger partial charge in [-0.25, -0.2) is 0 Å². The van der Waals surface area contributed by atoms with Crippen molar-refractivity contribution in [1.82, 2.24) is 4.90 Å². The Morgan fingerprint density at radius 3 is 2.60 bits per heavy atom. The molecule has 0 unspecified atom stereocenters. The lowest BCUT2D eigenvalue weighted by Gasteiger charge is -2.21. The van der Waals surface area contributed by atoms with Gasteiger partial charge in [0.1, 0.15) is 5.75 Å². The van der Waals surface area contributed by atoms with Crippen molar-refractivity contribution in [2.45, 2.75) is 25.9 Å². The number of thiophene rings is 1. The maximum absolute atomic E-state index is 12.8. The molecule has 1 aromatic carbocycles. The van der Waals surface area contributed by atoms with Crippen molar-refractivity contribution in [1.29, 1.82) is 0 Å². The first kappa shape index (κ1) is 17.3. The Kier molecular flexibility index (Phi) is 5.90. The first-order valence-corrected chi connectivity index (χ1v) is 9.07. The molecule has 5 heteroatoms. The van der Waals surface area contributed by atoms with Crippen molar-refractivity contribution >= 4 is 17.2 Å². The summed E-state index contributed by atoms with van der Waals surface area (Å²) < 4.78 is 10.3. The number of carbonyl (C=O) groups is 1. The molecule has 0 aliphatic heterocycles. The highest BCUT2D eigenvalue weighted by Crippen LogP contribution is 2.17. The number of benzene rings is 1. The lowest BCUT2D eigenvalue weighted by atomic mass is 10.1. The van der Waals surface area contributed by atoms with Crippen molar-refractivity contribution < 1.29 is 13.9 Å². The molecular weight excluding hydrogens is 334 g/mol. The minimum absolute atomic E-state index is 0.144. The molecule has 0 fully saturated rings. The monoisotopic (exact) mass is 355 g/mol. The summed E-state index contributed by atoms with van der Waals surface area (Å²) in [6.07, 6.45) is 4.53. The molecule has 0 aliphatic carbocycles. The molecule has 0 spiro atoms. The molecule has 3 rings (SSSR count). The Morgan fingerprint density at radius 2 is 1.96 bits per heavy atom. The molecule has 0 N–H and O–H groups in total. The van der Waals surface area contributed by atoms with E-state index in [1.807, 2.05) is 46.7 Å². The molecule has 1 amide bonds. The summed E-state index contributed by atoms with van der Waals surface area (Å²) in [5.41, 5.74) is 2.14. The largest absolute Gasteiger partial charge is 0.497 e. The Balaban J connectivity index is 1.62. The number of aryl methyl sites for hydroxylation is 1. The number of hydrogen-bond acceptors (Lipinski definition) is 4. The molecule has 0 saturated carbocycles. The average molecular weight is 355 g/mol. The quantitative estimate of drug-likeness (QED) is 0.597. The smallest absolute Gasteiger partial charge is 0.223 e. The number of nitrogens with zero attached hydrogens (tertiary/aromatic N) is 1. The van der Waals surface area contributed by atoms with E-state index in [1.165, 1.54) is 4.88 Å². The van der Waals surface area contributed by atoms with Gasteiger partial charge in [-0.3, -0.25) is 4.79 Å². The van der Waals surface area contributed by atoms with E-state index in [0.717, 1.165) is 23.3 Å². The zero-order chi connectivity index (χ0) is 17.5. The Labute approximate surface area is 151 Å². The molecule has 2 heterocycles. The number of ether oxygens (including phenoxy) is 1. The number of rotatable bonds is 8. The van der Waals surface area contributed by atoms with E-state index in [-0.39, 0.29) is 5.91 Å². The molecule has 0 aliphatic rings. The summed E-state index contributed by atoms with van der Waals surface area (Å²) in [6.45, 7) is 1.19. The molecule has 25 heavy (non-hydrogen) atoms. The van der Waals surface area contributed by atoms with E-state index in [1.54, 1.807) is 31.0 Å². The fourth-order valence-electron chi connectivity index (χ4n) is 2.63. The zero-order valence-corrected chi connectivity index (χ0v) is 15.0. The fourth-order valence-corrected chi connectivity index (χ4v) is 3.35. The summed E-state index contributed by atoms with van der Waals surface area (Å²) in [4.78, 5) is 15.8. The van der Waals surface area contributed by atoms with Gasteiger partial charge in [0, 0.05) is 23.4 Å². The Bertz CT molecular complexity index is 728. The summed E-state index contributed by atoms with van der Waals surface area (Å²) in [5.74, 6) is 0.972. The minimum Gasteiger partial charge on any atom is -0.497 e. The first-order valence-electron chi connectivity index (χ1n) is 8.19. The van der Waals surface area contributed by atoms with Crippen molar-refractivity contribution in [2.75, 3.05) is 7.11 Å². The second-order valence-electron chi connectivity index (χ2n) is 5.81. The second-order valence-corrected chi connectivity index (χ2v) is 6.84. The number of amides is 1. The molecule has 0 bridgehead atoms. The van der Waals surface area contributed by atoms with Crippen LogP contribution in [0.3, 0.4) is 0 Å². The van der Waals surface area contributed by atoms with Gasteiger partial charge >= 0.3 is 0 Å². The third-order valence-electron chi connectivity index (χ3n) is 4.02. The van der Waals surface area contributed by atoms with E-state index in [0.29, 0.717) is 19.5 Å². The molecule has 130 valence electrons. The summed E-state index contributed by atoms with van der Waals surface area (Å²) in [5, 5.41) is 2.03. The van der Waals surface area contributed by atoms with Gasteiger partial charge in [0.25, 0.3) is 0 Å². The lowest BCUT2D eigenvalue weighted by Crippen LogP contribution is -2.29. The number of methoxy groups -OCH3 is 1. The average Bonchev–Trinajstić information content (AvgIpc) is 3.33. The predicted octanol–water partition coefficient (Wildman–Crippen LogP) is 4.51. The fraction of sp³-hybridized carbons (Fsp3) is 0.250. The Hall–Kier alpha value is -2.53. The maximum atomic E-state index is 12.8. The number of carbonyl (C=O) groups excluding carboxylic acids is 1. The standard InChI is InChI=1S/C20H21NO3S/c1-23-18-7-4-16(5-8-18)6-9-20(22)21(13-17-10-11-24-15-17)14-19-3-2-12-25-19/h2-5,7-8,10-12,15H,6,9,13-14H2,1H3. The molecule has 0 atom stereocenters. The Morgan fingerprint density at radius 1 is 1.12 bits per heavy atom. The van der Waals surface area contributed by atoms with Crippen LogP contribution in [-0.4, -0.2) is 17.9 Å². The van der Waals surface area contributed by atoms with Crippen LogP contribution in [0.25, 0.3) is 0 Å². The summed E-state index contributed by atoms with van der Waals surface area (Å²) in [7, 11) is 1.65. The van der Waals surface area contributed by atoms with Gasteiger partial charge < -0.3 is 14.1 Å². The van der Waals surface area contributed by atoms with Crippen molar-refractivity contribution in [3.63, 3.8) is 0 Å². The SMILES string of the molecule is COc1ccc(CCC(=O)N(Cc2ccoc2)Cc2cccs2)cc1. The van der Waals surface area contributed by atoms with Crippen LogP contribution in [0, 0.1) is 0 Å². The van der Waals surface area contributed by atoms with Crippen LogP contribution in [-0.2, 0) is 24.3 Å². The van der Waals surface area contributed by atoms with Crippen LogP contribution in [0.1, 0.15) is 22.4 Å². The highest BCUT2D eigenvalue weighted by molar-refractivity contribution is 7.09. The van der Waals surface area contributed by atoms with E-state index in [4.69, 9.17) is 9.15 Å². The summed E-state index contributed by atoms with van der Waals surface area (Å²) >= 11 is 1.67. The number of hydrogen-bond donors (Lipinski definition) is 0. The molecule has 3 aromatic rings. The van der Waals surface area contributed by atoms with Crippen molar-refractivity contribution in [3.05, 3.63) is 76.4 Å². The normalized spacial score (nSPS) is 10.6. The second kappa shape index (κ2) is 8.53. The minimum atomic E-state index is 0.144. The third kappa shape index (κ3) is 4.97. The van der Waals surface area contributed by atoms with Gasteiger partial charge in [0.2, 0.25) is 5.91 Å². The molecule has 4 nitrogen and oxygen atoms in total. The first-order chi connectivity index (χ1) is 12.2. The van der Waals surface area contributed by atoms with Crippen LogP contribution in [0.4, 0.5) is 0 Å². The molecule has 2 aromatic heterocycles. The van der Waals surface area contributed by atoms with Crippen molar-refractivity contribution in [2.24, 2.45) is 0 Å². The van der Waals surface area contributed by atoms with E-state index in [2.05, 4.69) is 6.07 Å². The maximum Gasteiger partial charge on any atom is 0.223 e. The van der Waals surface area contributed by atoms with Gasteiger partial charge in [-0.15, -0.1) is 11.3 Å². The predicted molar refractivity (Wildman–Crippen MR) is 98.6 cm³/mol. The van der Waals surface area contributed by atoms with Gasteiger partial charge in [-0.1, -0.05) is 18.2 Å². The highest BCUT2D eigenvalue weighted by atomic mass is 32.1. The number of furan rings is 1. The van der Waals surface area contributed by atoms with Crippen LogP contribution < -0.4 is 4.74 Å². The molecule has 0 saturated heterocycles. The van der Waals surface area contributed by atoms with Crippen LogP contribution >= 0.6 is 11.3 Å². The van der Waals surface area contributed by atoms with E-state index < -0.39 is 0 Å². The third-order valence-corrected chi connectivity index (χ3v) is 4.88.